The molecule has 0 aliphatic carbocycles. The maximum absolute atomic E-state index is 12.7. The van der Waals surface area contributed by atoms with Crippen LogP contribution in [0.1, 0.15) is 19.4 Å². The first-order valence-electron chi connectivity index (χ1n) is 6.38. The van der Waals surface area contributed by atoms with E-state index < -0.39 is 35.5 Å². The Kier molecular flexibility index (Phi) is 3.87. The van der Waals surface area contributed by atoms with E-state index in [1.165, 1.54) is 0 Å². The van der Waals surface area contributed by atoms with Crippen molar-refractivity contribution < 1.29 is 27.9 Å². The second-order valence-corrected chi connectivity index (χ2v) is 5.06. The quantitative estimate of drug-likeness (QED) is 0.849. The fourth-order valence-electron chi connectivity index (χ4n) is 1.88. The fraction of sp³-hybridized carbons (Fsp3) is 0.286. The van der Waals surface area contributed by atoms with E-state index in [1.807, 2.05) is 5.32 Å². The number of fused-ring (bicyclic) bond motifs is 1. The average molecular weight is 314 g/mol. The van der Waals surface area contributed by atoms with Gasteiger partial charge in [-0.05, 0) is 12.1 Å². The van der Waals surface area contributed by atoms with Crippen molar-refractivity contribution >= 4 is 22.8 Å². The van der Waals surface area contributed by atoms with Crippen LogP contribution in [0.3, 0.4) is 0 Å². The van der Waals surface area contributed by atoms with E-state index in [-0.39, 0.29) is 10.9 Å². The van der Waals surface area contributed by atoms with Gasteiger partial charge in [0.2, 0.25) is 5.91 Å². The van der Waals surface area contributed by atoms with Crippen LogP contribution in [0.2, 0.25) is 0 Å². The van der Waals surface area contributed by atoms with Gasteiger partial charge in [0.25, 0.3) is 0 Å². The molecule has 5 nitrogen and oxygen atoms in total. The number of nitrogens with one attached hydrogen (secondary N) is 1. The van der Waals surface area contributed by atoms with Crippen LogP contribution in [0.4, 0.5) is 18.0 Å². The molecule has 0 aliphatic heterocycles. The molecule has 2 rings (SSSR count). The Balaban J connectivity index is 2.51. The summed E-state index contributed by atoms with van der Waals surface area (Å²) in [5.41, 5.74) is -1.09. The number of benzene rings is 1. The monoisotopic (exact) mass is 314 g/mol. The van der Waals surface area contributed by atoms with Crippen molar-refractivity contribution in [2.24, 2.45) is 5.92 Å². The second-order valence-electron chi connectivity index (χ2n) is 5.06. The molecule has 0 radical (unpaired) electrons. The number of alkyl halides is 3. The van der Waals surface area contributed by atoms with Gasteiger partial charge >= 0.3 is 12.2 Å². The number of imide groups is 1. The minimum atomic E-state index is -4.58. The van der Waals surface area contributed by atoms with Crippen LogP contribution in [0.5, 0.6) is 5.88 Å². The van der Waals surface area contributed by atoms with E-state index in [4.69, 9.17) is 0 Å². The summed E-state index contributed by atoms with van der Waals surface area (Å²) in [6.07, 6.45) is -4.58. The molecule has 0 saturated heterocycles. The topological polar surface area (TPSA) is 71.3 Å². The molecule has 0 unspecified atom stereocenters. The lowest BCUT2D eigenvalue weighted by Gasteiger charge is -2.10. The first-order chi connectivity index (χ1) is 10.1. The Labute approximate surface area is 123 Å². The summed E-state index contributed by atoms with van der Waals surface area (Å²) in [6.45, 7) is 3.11. The molecular formula is C14H13F3N2O3. The minimum Gasteiger partial charge on any atom is -0.494 e. The molecule has 118 valence electrons. The van der Waals surface area contributed by atoms with E-state index in [2.05, 4.69) is 0 Å². The maximum atomic E-state index is 12.7. The van der Waals surface area contributed by atoms with E-state index in [0.29, 0.717) is 4.57 Å². The highest BCUT2D eigenvalue weighted by Crippen LogP contribution is 2.33. The van der Waals surface area contributed by atoms with Crippen molar-refractivity contribution in [1.82, 2.24) is 9.88 Å². The van der Waals surface area contributed by atoms with Crippen LogP contribution in [0.25, 0.3) is 10.9 Å². The number of hydrogen-bond acceptors (Lipinski definition) is 3. The van der Waals surface area contributed by atoms with Crippen molar-refractivity contribution in [1.29, 1.82) is 0 Å². The van der Waals surface area contributed by atoms with Crippen LogP contribution in [-0.4, -0.2) is 21.6 Å². The molecule has 1 aromatic heterocycles. The number of carbonyl (C=O) groups excluding carboxylic acids is 2. The molecule has 8 heteroatoms. The predicted octanol–water partition coefficient (Wildman–Crippen LogP) is 3.11. The Bertz CT molecular complexity index is 748. The number of halogens is 3. The van der Waals surface area contributed by atoms with Crippen LogP contribution >= 0.6 is 0 Å². The van der Waals surface area contributed by atoms with Crippen LogP contribution in [0.15, 0.2) is 24.3 Å². The molecule has 0 bridgehead atoms. The number of aromatic hydroxyl groups is 1. The number of nitrogens with zero attached hydrogens (tertiary/aromatic N) is 1. The molecule has 0 aliphatic rings. The molecule has 22 heavy (non-hydrogen) atoms. The zero-order valence-corrected chi connectivity index (χ0v) is 11.7. The SMILES string of the molecule is CC(C)C(=O)NC(=O)n1c(O)cc2ccc(C(F)(F)F)cc21. The first-order valence-corrected chi connectivity index (χ1v) is 6.38. The standard InChI is InChI=1S/C14H13F3N2O3/c1-7(2)12(21)18-13(22)19-10-6-9(14(15,16)17)4-3-8(10)5-11(19)20/h3-7,20H,1-2H3,(H,18,21,22). The summed E-state index contributed by atoms with van der Waals surface area (Å²) in [4.78, 5) is 23.5. The second kappa shape index (κ2) is 5.36. The van der Waals surface area contributed by atoms with Crippen molar-refractivity contribution in [3.8, 4) is 5.88 Å². The van der Waals surface area contributed by atoms with Crippen LogP contribution < -0.4 is 5.32 Å². The smallest absolute Gasteiger partial charge is 0.416 e. The lowest BCUT2D eigenvalue weighted by Crippen LogP contribution is -2.36. The molecule has 0 spiro atoms. The Morgan fingerprint density at radius 1 is 1.23 bits per heavy atom. The van der Waals surface area contributed by atoms with E-state index in [0.717, 1.165) is 24.3 Å². The number of amides is 2. The summed E-state index contributed by atoms with van der Waals surface area (Å²) in [7, 11) is 0. The Morgan fingerprint density at radius 3 is 2.41 bits per heavy atom. The van der Waals surface area contributed by atoms with Crippen molar-refractivity contribution in [2.45, 2.75) is 20.0 Å². The molecule has 2 N–H and O–H groups in total. The van der Waals surface area contributed by atoms with E-state index >= 15 is 0 Å². The predicted molar refractivity (Wildman–Crippen MR) is 72.4 cm³/mol. The van der Waals surface area contributed by atoms with Gasteiger partial charge in [-0.15, -0.1) is 0 Å². The van der Waals surface area contributed by atoms with Gasteiger partial charge < -0.3 is 5.11 Å². The summed E-state index contributed by atoms with van der Waals surface area (Å²) in [6, 6.07) is 2.88. The normalized spacial score (nSPS) is 11.9. The average Bonchev–Trinajstić information content (AvgIpc) is 2.72. The van der Waals surface area contributed by atoms with Gasteiger partial charge in [0.15, 0.2) is 5.88 Å². The van der Waals surface area contributed by atoms with Gasteiger partial charge in [0, 0.05) is 17.4 Å². The molecule has 1 heterocycles. The number of hydrogen-bond donors (Lipinski definition) is 2. The summed E-state index contributed by atoms with van der Waals surface area (Å²) in [5.74, 6) is -1.64. The highest BCUT2D eigenvalue weighted by molar-refractivity contribution is 6.01. The zero-order chi connectivity index (χ0) is 16.7. The highest BCUT2D eigenvalue weighted by Gasteiger charge is 2.31. The summed E-state index contributed by atoms with van der Waals surface area (Å²) >= 11 is 0. The molecule has 1 aromatic carbocycles. The van der Waals surface area contributed by atoms with Gasteiger partial charge in [-0.25, -0.2) is 9.36 Å². The largest absolute Gasteiger partial charge is 0.494 e. The molecule has 2 amide bonds. The molecular weight excluding hydrogens is 301 g/mol. The highest BCUT2D eigenvalue weighted by atomic mass is 19.4. The van der Waals surface area contributed by atoms with Crippen LogP contribution in [0, 0.1) is 5.92 Å². The Hall–Kier alpha value is -2.51. The number of aromatic nitrogens is 1. The van der Waals surface area contributed by atoms with Gasteiger partial charge in [0.05, 0.1) is 11.1 Å². The van der Waals surface area contributed by atoms with Gasteiger partial charge in [-0.1, -0.05) is 19.9 Å². The van der Waals surface area contributed by atoms with Crippen molar-refractivity contribution in [3.05, 3.63) is 29.8 Å². The lowest BCUT2D eigenvalue weighted by molar-refractivity contribution is -0.137. The van der Waals surface area contributed by atoms with Gasteiger partial charge in [-0.3, -0.25) is 10.1 Å². The molecule has 2 aromatic rings. The van der Waals surface area contributed by atoms with Gasteiger partial charge in [-0.2, -0.15) is 13.2 Å². The van der Waals surface area contributed by atoms with E-state index in [1.54, 1.807) is 13.8 Å². The minimum absolute atomic E-state index is 0.138. The molecule has 0 atom stereocenters. The molecule has 0 saturated carbocycles. The third kappa shape index (κ3) is 2.90. The fourth-order valence-corrected chi connectivity index (χ4v) is 1.88. The lowest BCUT2D eigenvalue weighted by atomic mass is 10.1. The zero-order valence-electron chi connectivity index (χ0n) is 11.7. The molecule has 0 fully saturated rings. The number of rotatable bonds is 1. The van der Waals surface area contributed by atoms with Crippen LogP contribution in [-0.2, 0) is 11.0 Å². The third-order valence-corrected chi connectivity index (χ3v) is 3.07. The van der Waals surface area contributed by atoms with Crippen molar-refractivity contribution in [3.63, 3.8) is 0 Å². The summed E-state index contributed by atoms with van der Waals surface area (Å²) in [5, 5.41) is 12.0. The Morgan fingerprint density at radius 2 is 1.86 bits per heavy atom. The number of carbonyl (C=O) groups is 2. The van der Waals surface area contributed by atoms with E-state index in [9.17, 15) is 27.9 Å². The summed E-state index contributed by atoms with van der Waals surface area (Å²) < 4.78 is 38.9. The van der Waals surface area contributed by atoms with Gasteiger partial charge in [0.1, 0.15) is 0 Å². The maximum Gasteiger partial charge on any atom is 0.416 e. The first kappa shape index (κ1) is 15.9. The third-order valence-electron chi connectivity index (χ3n) is 3.07. The van der Waals surface area contributed by atoms with Crippen molar-refractivity contribution in [2.75, 3.05) is 0 Å².